The number of hydrogen-bond donors (Lipinski definition) is 0. The zero-order chi connectivity index (χ0) is 24.3. The van der Waals surface area contributed by atoms with Crippen molar-refractivity contribution in [2.75, 3.05) is 39.5 Å². The van der Waals surface area contributed by atoms with Gasteiger partial charge in [-0.3, -0.25) is 9.88 Å². The van der Waals surface area contributed by atoms with Crippen molar-refractivity contribution in [3.05, 3.63) is 85.1 Å². The van der Waals surface area contributed by atoms with E-state index in [-0.39, 0.29) is 5.82 Å². The van der Waals surface area contributed by atoms with Crippen LogP contribution in [0.3, 0.4) is 0 Å². The van der Waals surface area contributed by atoms with Crippen LogP contribution in [0.25, 0.3) is 44.2 Å². The first kappa shape index (κ1) is 22.5. The Balaban J connectivity index is 1.42. The van der Waals surface area contributed by atoms with Crippen molar-refractivity contribution in [3.8, 4) is 28.1 Å². The van der Waals surface area contributed by atoms with Crippen molar-refractivity contribution < 1.29 is 13.9 Å². The van der Waals surface area contributed by atoms with E-state index < -0.39 is 0 Å². The summed E-state index contributed by atoms with van der Waals surface area (Å²) in [5, 5.41) is 2.83. The molecule has 0 spiro atoms. The first-order chi connectivity index (χ1) is 17.8. The Kier molecular flexibility index (Phi) is 6.24. The molecule has 1 saturated heterocycles. The minimum Gasteiger partial charge on any atom is -0.492 e. The zero-order valence-corrected chi connectivity index (χ0v) is 19.7. The van der Waals surface area contributed by atoms with E-state index in [1.54, 1.807) is 24.5 Å². The fourth-order valence-corrected chi connectivity index (χ4v) is 4.72. The monoisotopic (exact) mass is 480 g/mol. The van der Waals surface area contributed by atoms with Crippen molar-refractivity contribution in [2.45, 2.75) is 0 Å². The van der Waals surface area contributed by atoms with Crippen molar-refractivity contribution in [2.24, 2.45) is 0 Å². The smallest absolute Gasteiger partial charge is 0.160 e. The molecule has 0 saturated carbocycles. The van der Waals surface area contributed by atoms with Crippen LogP contribution in [0.15, 0.2) is 79.3 Å². The Labute approximate surface area is 208 Å². The molecule has 4 heterocycles. The third kappa shape index (κ3) is 4.39. The third-order valence-corrected chi connectivity index (χ3v) is 6.57. The van der Waals surface area contributed by atoms with E-state index in [0.717, 1.165) is 65.9 Å². The zero-order valence-electron chi connectivity index (χ0n) is 19.7. The molecule has 180 valence electrons. The van der Waals surface area contributed by atoms with Crippen LogP contribution >= 0.6 is 0 Å². The lowest BCUT2D eigenvalue weighted by Gasteiger charge is -2.26. The molecule has 6 nitrogen and oxygen atoms in total. The SMILES string of the molecule is Fc1ccccc1-c1cc(-c2ccc(OCCN3CCOCC3)c3cnccc23)c2cccnc2n1. The number of hydrogen-bond acceptors (Lipinski definition) is 6. The van der Waals surface area contributed by atoms with Gasteiger partial charge in [0.2, 0.25) is 0 Å². The number of aromatic nitrogens is 3. The van der Waals surface area contributed by atoms with Crippen molar-refractivity contribution >= 4 is 21.8 Å². The molecule has 1 aliphatic rings. The highest BCUT2D eigenvalue weighted by atomic mass is 19.1. The first-order valence-electron chi connectivity index (χ1n) is 12.1. The van der Waals surface area contributed by atoms with Crippen molar-refractivity contribution in [3.63, 3.8) is 0 Å². The van der Waals surface area contributed by atoms with Gasteiger partial charge in [-0.1, -0.05) is 18.2 Å². The Morgan fingerprint density at radius 2 is 1.75 bits per heavy atom. The summed E-state index contributed by atoms with van der Waals surface area (Å²) < 4.78 is 26.3. The molecular formula is C29H25FN4O2. The molecule has 0 radical (unpaired) electrons. The summed E-state index contributed by atoms with van der Waals surface area (Å²) in [6.45, 7) is 4.83. The van der Waals surface area contributed by atoms with E-state index in [1.165, 1.54) is 6.07 Å². The molecule has 0 aliphatic carbocycles. The van der Waals surface area contributed by atoms with E-state index in [9.17, 15) is 4.39 Å². The summed E-state index contributed by atoms with van der Waals surface area (Å²) in [5.74, 6) is 0.477. The number of benzene rings is 2. The van der Waals surface area contributed by atoms with Gasteiger partial charge >= 0.3 is 0 Å². The van der Waals surface area contributed by atoms with Gasteiger partial charge in [0.1, 0.15) is 18.2 Å². The van der Waals surface area contributed by atoms with Crippen LogP contribution in [0.5, 0.6) is 5.75 Å². The van der Waals surface area contributed by atoms with Gasteiger partial charge in [0.25, 0.3) is 0 Å². The largest absolute Gasteiger partial charge is 0.492 e. The second-order valence-electron chi connectivity index (χ2n) is 8.74. The van der Waals surface area contributed by atoms with Gasteiger partial charge in [-0.25, -0.2) is 14.4 Å². The van der Waals surface area contributed by atoms with Gasteiger partial charge in [-0.05, 0) is 59.0 Å². The van der Waals surface area contributed by atoms with Crippen LogP contribution < -0.4 is 4.74 Å². The summed E-state index contributed by atoms with van der Waals surface area (Å²) in [5.41, 5.74) is 3.48. The molecule has 0 N–H and O–H groups in total. The molecule has 36 heavy (non-hydrogen) atoms. The standard InChI is InChI=1S/C29H25FN4O2/c30-26-6-2-1-4-23(26)27-18-24(22-5-3-10-32-29(22)33-27)20-7-8-28(25-19-31-11-9-21(20)25)36-17-14-34-12-15-35-16-13-34/h1-11,18-19H,12-17H2. The first-order valence-corrected chi connectivity index (χ1v) is 12.1. The molecule has 3 aromatic heterocycles. The highest BCUT2D eigenvalue weighted by Crippen LogP contribution is 2.38. The fourth-order valence-electron chi connectivity index (χ4n) is 4.72. The molecule has 2 aromatic carbocycles. The molecule has 0 bridgehead atoms. The molecule has 6 rings (SSSR count). The lowest BCUT2D eigenvalue weighted by atomic mass is 9.95. The van der Waals surface area contributed by atoms with E-state index in [2.05, 4.69) is 25.9 Å². The third-order valence-electron chi connectivity index (χ3n) is 6.57. The molecule has 1 aliphatic heterocycles. The number of fused-ring (bicyclic) bond motifs is 2. The lowest BCUT2D eigenvalue weighted by Crippen LogP contribution is -2.38. The summed E-state index contributed by atoms with van der Waals surface area (Å²) in [6.07, 6.45) is 5.32. The van der Waals surface area contributed by atoms with Crippen LogP contribution in [-0.2, 0) is 4.74 Å². The van der Waals surface area contributed by atoms with Crippen molar-refractivity contribution in [1.29, 1.82) is 0 Å². The number of rotatable bonds is 6. The summed E-state index contributed by atoms with van der Waals surface area (Å²) in [7, 11) is 0. The minimum atomic E-state index is -0.315. The molecule has 0 unspecified atom stereocenters. The number of nitrogens with zero attached hydrogens (tertiary/aromatic N) is 4. The predicted molar refractivity (Wildman–Crippen MR) is 138 cm³/mol. The topological polar surface area (TPSA) is 60.4 Å². The highest BCUT2D eigenvalue weighted by molar-refractivity contribution is 6.06. The number of ether oxygens (including phenoxy) is 2. The quantitative estimate of drug-likeness (QED) is 0.326. The second-order valence-corrected chi connectivity index (χ2v) is 8.74. The molecule has 0 amide bonds. The average Bonchev–Trinajstić information content (AvgIpc) is 2.93. The normalized spacial score (nSPS) is 14.4. The number of morpholine rings is 1. The Hall–Kier alpha value is -3.94. The summed E-state index contributed by atoms with van der Waals surface area (Å²) in [6, 6.07) is 18.5. The van der Waals surface area contributed by atoms with Gasteiger partial charge in [0.05, 0.1) is 18.9 Å². The maximum Gasteiger partial charge on any atom is 0.160 e. The Morgan fingerprint density at radius 1 is 0.861 bits per heavy atom. The number of halogens is 1. The lowest BCUT2D eigenvalue weighted by molar-refractivity contribution is 0.0323. The minimum absolute atomic E-state index is 0.315. The van der Waals surface area contributed by atoms with Gasteiger partial charge in [0.15, 0.2) is 5.65 Å². The maximum absolute atomic E-state index is 14.7. The highest BCUT2D eigenvalue weighted by Gasteiger charge is 2.16. The fraction of sp³-hybridized carbons (Fsp3) is 0.207. The summed E-state index contributed by atoms with van der Waals surface area (Å²) >= 11 is 0. The molecule has 7 heteroatoms. The van der Waals surface area contributed by atoms with Gasteiger partial charge in [-0.15, -0.1) is 0 Å². The van der Waals surface area contributed by atoms with E-state index in [1.807, 2.05) is 42.6 Å². The Morgan fingerprint density at radius 3 is 2.64 bits per heavy atom. The van der Waals surface area contributed by atoms with E-state index in [0.29, 0.717) is 23.5 Å². The predicted octanol–water partition coefficient (Wildman–Crippen LogP) is 5.36. The van der Waals surface area contributed by atoms with Crippen LogP contribution in [0, 0.1) is 5.82 Å². The number of pyridine rings is 3. The van der Waals surface area contributed by atoms with Gasteiger partial charge in [0, 0.05) is 54.6 Å². The van der Waals surface area contributed by atoms with Crippen molar-refractivity contribution in [1.82, 2.24) is 19.9 Å². The molecule has 5 aromatic rings. The summed E-state index contributed by atoms with van der Waals surface area (Å²) in [4.78, 5) is 15.9. The average molecular weight is 481 g/mol. The van der Waals surface area contributed by atoms with Crippen LogP contribution in [-0.4, -0.2) is 59.3 Å². The molecule has 1 fully saturated rings. The van der Waals surface area contributed by atoms with Crippen LogP contribution in [0.4, 0.5) is 4.39 Å². The van der Waals surface area contributed by atoms with E-state index in [4.69, 9.17) is 9.47 Å². The van der Waals surface area contributed by atoms with E-state index >= 15 is 0 Å². The van der Waals surface area contributed by atoms with Crippen LogP contribution in [0.1, 0.15) is 0 Å². The van der Waals surface area contributed by atoms with Gasteiger partial charge in [-0.2, -0.15) is 0 Å². The Bertz CT molecular complexity index is 1540. The maximum atomic E-state index is 14.7. The van der Waals surface area contributed by atoms with Gasteiger partial charge < -0.3 is 9.47 Å². The molecular weight excluding hydrogens is 455 g/mol. The molecule has 0 atom stereocenters. The van der Waals surface area contributed by atoms with Crippen LogP contribution in [0.2, 0.25) is 0 Å². The second kappa shape index (κ2) is 9.97.